The van der Waals surface area contributed by atoms with Crippen molar-refractivity contribution in [3.8, 4) is 28.9 Å². The Morgan fingerprint density at radius 1 is 0.512 bits per heavy atom. The molecule has 4 aromatic heterocycles. The van der Waals surface area contributed by atoms with E-state index in [0.29, 0.717) is 17.7 Å². The summed E-state index contributed by atoms with van der Waals surface area (Å²) < 4.78 is 14.3. The Balaban J connectivity index is 1.31. The highest BCUT2D eigenvalue weighted by atomic mass is 16.4. The largest absolute Gasteiger partial charge is 0.436 e. The van der Waals surface area contributed by atoms with Gasteiger partial charge in [-0.2, -0.15) is 0 Å². The molecule has 9 aromatic rings. The number of para-hydroxylation sites is 5. The smallest absolute Gasteiger partial charge is 0.235 e. The molecular formula is C34H19N5O2. The van der Waals surface area contributed by atoms with Crippen LogP contribution >= 0.6 is 0 Å². The van der Waals surface area contributed by atoms with Gasteiger partial charge in [0.15, 0.2) is 11.2 Å². The minimum atomic E-state index is 0.575. The lowest BCUT2D eigenvalue weighted by Gasteiger charge is -2.07. The quantitative estimate of drug-likeness (QED) is 0.229. The van der Waals surface area contributed by atoms with Crippen LogP contribution in [0.5, 0.6) is 0 Å². The van der Waals surface area contributed by atoms with Gasteiger partial charge >= 0.3 is 0 Å². The zero-order valence-corrected chi connectivity index (χ0v) is 21.5. The molecule has 0 spiro atoms. The molecule has 5 aromatic carbocycles. The molecule has 0 bridgehead atoms. The molecule has 7 nitrogen and oxygen atoms in total. The molecule has 0 atom stereocenters. The zero-order chi connectivity index (χ0) is 26.9. The van der Waals surface area contributed by atoms with E-state index in [9.17, 15) is 0 Å². The van der Waals surface area contributed by atoms with Gasteiger partial charge in [-0.15, -0.1) is 0 Å². The van der Waals surface area contributed by atoms with Crippen LogP contribution in [0.15, 0.2) is 124 Å². The molecule has 0 aliphatic carbocycles. The Morgan fingerprint density at radius 2 is 1.05 bits per heavy atom. The van der Waals surface area contributed by atoms with Crippen molar-refractivity contribution in [2.45, 2.75) is 0 Å². The Morgan fingerprint density at radius 3 is 1.63 bits per heavy atom. The van der Waals surface area contributed by atoms with Crippen LogP contribution in [-0.4, -0.2) is 24.5 Å². The number of benzene rings is 5. The Hall–Kier alpha value is -5.82. The summed E-state index contributed by atoms with van der Waals surface area (Å²) in [6.45, 7) is 0. The van der Waals surface area contributed by atoms with Crippen LogP contribution in [0.1, 0.15) is 0 Å². The third kappa shape index (κ3) is 3.39. The predicted molar refractivity (Wildman–Crippen MR) is 160 cm³/mol. The SMILES string of the molecule is c1ccc2nc(-n3c4ccc(-c5nc6ccccc6o5)cc4c4cc(-c5nc6ccccc6o5)ccc43)ncc2c1. The van der Waals surface area contributed by atoms with E-state index in [-0.39, 0.29) is 0 Å². The maximum absolute atomic E-state index is 6.11. The first kappa shape index (κ1) is 22.0. The highest BCUT2D eigenvalue weighted by Crippen LogP contribution is 2.37. The van der Waals surface area contributed by atoms with Gasteiger partial charge in [-0.3, -0.25) is 4.57 Å². The van der Waals surface area contributed by atoms with Crippen LogP contribution in [0.25, 0.3) is 83.8 Å². The zero-order valence-electron chi connectivity index (χ0n) is 21.5. The van der Waals surface area contributed by atoms with E-state index in [1.54, 1.807) is 0 Å². The molecule has 7 heteroatoms. The molecular weight excluding hydrogens is 510 g/mol. The third-order valence-electron chi connectivity index (χ3n) is 7.52. The van der Waals surface area contributed by atoms with Crippen LogP contribution in [-0.2, 0) is 0 Å². The summed E-state index contributed by atoms with van der Waals surface area (Å²) in [5, 5.41) is 3.04. The first-order chi connectivity index (χ1) is 20.3. The van der Waals surface area contributed by atoms with Crippen molar-refractivity contribution in [3.63, 3.8) is 0 Å². The molecule has 0 saturated heterocycles. The second-order valence-corrected chi connectivity index (χ2v) is 10.0. The maximum atomic E-state index is 6.11. The molecule has 192 valence electrons. The number of aromatic nitrogens is 5. The molecule has 0 saturated carbocycles. The van der Waals surface area contributed by atoms with E-state index < -0.39 is 0 Å². The monoisotopic (exact) mass is 529 g/mol. The van der Waals surface area contributed by atoms with Crippen molar-refractivity contribution in [1.82, 2.24) is 24.5 Å². The topological polar surface area (TPSA) is 82.8 Å². The van der Waals surface area contributed by atoms with Crippen molar-refractivity contribution in [2.24, 2.45) is 0 Å². The van der Waals surface area contributed by atoms with Crippen LogP contribution in [0.3, 0.4) is 0 Å². The highest BCUT2D eigenvalue weighted by molar-refractivity contribution is 6.11. The lowest BCUT2D eigenvalue weighted by molar-refractivity contribution is 0.619. The molecule has 4 heterocycles. The van der Waals surface area contributed by atoms with E-state index in [2.05, 4.69) is 28.8 Å². The van der Waals surface area contributed by atoms with Gasteiger partial charge in [-0.05, 0) is 66.7 Å². The van der Waals surface area contributed by atoms with Crippen molar-refractivity contribution < 1.29 is 8.83 Å². The van der Waals surface area contributed by atoms with Crippen molar-refractivity contribution >= 4 is 54.9 Å². The molecule has 9 rings (SSSR count). The number of rotatable bonds is 3. The minimum Gasteiger partial charge on any atom is -0.436 e. The first-order valence-corrected chi connectivity index (χ1v) is 13.3. The number of fused-ring (bicyclic) bond motifs is 6. The van der Waals surface area contributed by atoms with E-state index in [1.165, 1.54) is 0 Å². The van der Waals surface area contributed by atoms with Gasteiger partial charge in [0.25, 0.3) is 0 Å². The van der Waals surface area contributed by atoms with E-state index in [0.717, 1.165) is 66.0 Å². The molecule has 0 unspecified atom stereocenters. The number of oxazole rings is 2. The molecule has 41 heavy (non-hydrogen) atoms. The van der Waals surface area contributed by atoms with E-state index >= 15 is 0 Å². The fraction of sp³-hybridized carbons (Fsp3) is 0. The predicted octanol–water partition coefficient (Wildman–Crippen LogP) is 8.34. The van der Waals surface area contributed by atoms with E-state index in [4.69, 9.17) is 28.8 Å². The average Bonchev–Trinajstić information content (AvgIpc) is 3.74. The van der Waals surface area contributed by atoms with Crippen LogP contribution in [0, 0.1) is 0 Å². The standard InChI is InChI=1S/C34H19N5O2/c1-2-8-25-22(7-1)19-35-34(38-25)39-28-15-13-20(32-36-26-9-3-5-11-30(26)40-32)17-23(28)24-18-21(14-16-29(24)39)33-37-27-10-4-6-12-31(27)41-33/h1-19H. The summed E-state index contributed by atoms with van der Waals surface area (Å²) in [6, 6.07) is 36.1. The number of nitrogens with zero attached hydrogens (tertiary/aromatic N) is 5. The van der Waals surface area contributed by atoms with Gasteiger partial charge in [-0.25, -0.2) is 19.9 Å². The minimum absolute atomic E-state index is 0.575. The Labute approximate surface area is 232 Å². The van der Waals surface area contributed by atoms with Crippen LogP contribution in [0.4, 0.5) is 0 Å². The molecule has 0 N–H and O–H groups in total. The molecule has 0 amide bonds. The van der Waals surface area contributed by atoms with Crippen LogP contribution in [0.2, 0.25) is 0 Å². The fourth-order valence-corrected chi connectivity index (χ4v) is 5.57. The van der Waals surface area contributed by atoms with Gasteiger partial charge < -0.3 is 8.83 Å². The summed E-state index contributed by atoms with van der Waals surface area (Å²) in [5.41, 5.74) is 7.79. The van der Waals surface area contributed by atoms with Crippen molar-refractivity contribution in [1.29, 1.82) is 0 Å². The average molecular weight is 530 g/mol. The van der Waals surface area contributed by atoms with Gasteiger partial charge in [-0.1, -0.05) is 42.5 Å². The summed E-state index contributed by atoms with van der Waals surface area (Å²) >= 11 is 0. The summed E-state index contributed by atoms with van der Waals surface area (Å²) in [4.78, 5) is 19.2. The molecule has 0 fully saturated rings. The number of hydrogen-bond acceptors (Lipinski definition) is 6. The van der Waals surface area contributed by atoms with Crippen LogP contribution < -0.4 is 0 Å². The summed E-state index contributed by atoms with van der Waals surface area (Å²) in [6.07, 6.45) is 1.87. The van der Waals surface area contributed by atoms with Gasteiger partial charge in [0.05, 0.1) is 16.6 Å². The van der Waals surface area contributed by atoms with Gasteiger partial charge in [0.1, 0.15) is 11.0 Å². The van der Waals surface area contributed by atoms with Gasteiger partial charge in [0.2, 0.25) is 17.7 Å². The van der Waals surface area contributed by atoms with E-state index in [1.807, 2.05) is 91.1 Å². The second kappa shape index (κ2) is 8.34. The molecule has 0 aliphatic rings. The molecule has 0 radical (unpaired) electrons. The molecule has 0 aliphatic heterocycles. The summed E-state index contributed by atoms with van der Waals surface area (Å²) in [5.74, 6) is 1.75. The second-order valence-electron chi connectivity index (χ2n) is 10.0. The fourth-order valence-electron chi connectivity index (χ4n) is 5.57. The highest BCUT2D eigenvalue weighted by Gasteiger charge is 2.19. The summed E-state index contributed by atoms with van der Waals surface area (Å²) in [7, 11) is 0. The third-order valence-corrected chi connectivity index (χ3v) is 7.52. The Bertz CT molecular complexity index is 2250. The lowest BCUT2D eigenvalue weighted by Crippen LogP contribution is -2.00. The first-order valence-electron chi connectivity index (χ1n) is 13.3. The van der Waals surface area contributed by atoms with Crippen molar-refractivity contribution in [3.05, 3.63) is 115 Å². The van der Waals surface area contributed by atoms with Crippen molar-refractivity contribution in [2.75, 3.05) is 0 Å². The maximum Gasteiger partial charge on any atom is 0.235 e. The normalized spacial score (nSPS) is 11.9. The Kier molecular flexibility index (Phi) is 4.48. The lowest BCUT2D eigenvalue weighted by atomic mass is 10.1. The number of hydrogen-bond donors (Lipinski definition) is 0. The van der Waals surface area contributed by atoms with Gasteiger partial charge in [0, 0.05) is 33.5 Å².